The van der Waals surface area contributed by atoms with Crippen LogP contribution >= 0.6 is 0 Å². The monoisotopic (exact) mass is 378 g/mol. The van der Waals surface area contributed by atoms with Crippen molar-refractivity contribution < 1.29 is 14.3 Å². The summed E-state index contributed by atoms with van der Waals surface area (Å²) < 4.78 is 6.87. The summed E-state index contributed by atoms with van der Waals surface area (Å²) in [5.74, 6) is -0.863. The van der Waals surface area contributed by atoms with Crippen LogP contribution in [-0.4, -0.2) is 15.5 Å². The van der Waals surface area contributed by atoms with Gasteiger partial charge in [0.25, 0.3) is 5.56 Å². The number of pyridine rings is 1. The van der Waals surface area contributed by atoms with Gasteiger partial charge < -0.3 is 9.52 Å². The molecule has 0 atom stereocenters. The van der Waals surface area contributed by atoms with Crippen LogP contribution in [0.2, 0.25) is 0 Å². The zero-order valence-electron chi connectivity index (χ0n) is 16.4. The first-order valence-electron chi connectivity index (χ1n) is 9.28. The van der Waals surface area contributed by atoms with Gasteiger partial charge in [0.2, 0.25) is 11.7 Å². The number of aryl methyl sites for hydroxylation is 2. The van der Waals surface area contributed by atoms with Crippen molar-refractivity contribution in [2.75, 3.05) is 0 Å². The van der Waals surface area contributed by atoms with E-state index in [1.54, 1.807) is 6.92 Å². The van der Waals surface area contributed by atoms with Crippen LogP contribution in [0.4, 0.5) is 0 Å². The molecule has 0 spiro atoms. The van der Waals surface area contributed by atoms with E-state index in [0.717, 1.165) is 21.9 Å². The largest absolute Gasteiger partial charge is 0.494 e. The molecule has 0 bridgehead atoms. The Morgan fingerprint density at radius 2 is 1.96 bits per heavy atom. The highest BCUT2D eigenvalue weighted by Gasteiger charge is 2.28. The highest BCUT2D eigenvalue weighted by atomic mass is 16.3. The molecule has 0 aliphatic carbocycles. The molecule has 0 saturated heterocycles. The van der Waals surface area contributed by atoms with Crippen LogP contribution in [0, 0.1) is 25.2 Å². The maximum atomic E-state index is 13.3. The lowest BCUT2D eigenvalue weighted by molar-refractivity contribution is 0.100. The summed E-state index contributed by atoms with van der Waals surface area (Å²) in [6, 6.07) is 7.61. The van der Waals surface area contributed by atoms with Gasteiger partial charge in [0.05, 0.1) is 5.56 Å². The van der Waals surface area contributed by atoms with E-state index in [9.17, 15) is 20.0 Å². The fraction of sp³-hybridized carbons (Fsp3) is 0.318. The third kappa shape index (κ3) is 2.89. The van der Waals surface area contributed by atoms with E-state index in [-0.39, 0.29) is 29.0 Å². The number of carbonyl (C=O) groups is 1. The number of aromatic nitrogens is 1. The number of aromatic hydroxyl groups is 1. The van der Waals surface area contributed by atoms with Crippen LogP contribution in [0.15, 0.2) is 27.4 Å². The third-order valence-corrected chi connectivity index (χ3v) is 5.09. The summed E-state index contributed by atoms with van der Waals surface area (Å²) in [6.45, 7) is 7.38. The van der Waals surface area contributed by atoms with Crippen molar-refractivity contribution in [3.63, 3.8) is 0 Å². The van der Waals surface area contributed by atoms with E-state index >= 15 is 0 Å². The molecule has 0 radical (unpaired) electrons. The minimum Gasteiger partial charge on any atom is -0.494 e. The summed E-state index contributed by atoms with van der Waals surface area (Å²) in [7, 11) is 0. The Morgan fingerprint density at radius 3 is 2.57 bits per heavy atom. The lowest BCUT2D eigenvalue weighted by atomic mass is 9.98. The number of carbonyl (C=O) groups excluding carboxylic acids is 1. The highest BCUT2D eigenvalue weighted by molar-refractivity contribution is 6.12. The molecule has 6 heteroatoms. The number of furan rings is 1. The molecular weight excluding hydrogens is 356 g/mol. The van der Waals surface area contributed by atoms with Crippen LogP contribution in [-0.2, 0) is 13.0 Å². The third-order valence-electron chi connectivity index (χ3n) is 5.09. The molecule has 6 nitrogen and oxygen atoms in total. The molecular formula is C22H22N2O4. The average Bonchev–Trinajstić information content (AvgIpc) is 3.01. The molecule has 3 aromatic rings. The molecule has 0 amide bonds. The second kappa shape index (κ2) is 7.35. The Bertz CT molecular complexity index is 1190. The molecule has 144 valence electrons. The maximum Gasteiger partial charge on any atom is 0.271 e. The van der Waals surface area contributed by atoms with Crippen LogP contribution in [0.3, 0.4) is 0 Å². The average molecular weight is 378 g/mol. The van der Waals surface area contributed by atoms with Crippen molar-refractivity contribution >= 4 is 16.8 Å². The zero-order valence-corrected chi connectivity index (χ0v) is 16.4. The first kappa shape index (κ1) is 19.4. The minimum absolute atomic E-state index is 0.0672. The summed E-state index contributed by atoms with van der Waals surface area (Å²) >= 11 is 0. The van der Waals surface area contributed by atoms with Crippen molar-refractivity contribution in [1.29, 1.82) is 5.26 Å². The second-order valence-corrected chi connectivity index (χ2v) is 6.84. The number of hydrogen-bond acceptors (Lipinski definition) is 5. The van der Waals surface area contributed by atoms with Crippen molar-refractivity contribution in [2.24, 2.45) is 0 Å². The number of rotatable bonds is 5. The Labute approximate surface area is 162 Å². The predicted octanol–water partition coefficient (Wildman–Crippen LogP) is 3.99. The van der Waals surface area contributed by atoms with Gasteiger partial charge in [-0.15, -0.1) is 0 Å². The lowest BCUT2D eigenvalue weighted by Gasteiger charge is -2.14. The normalized spacial score (nSPS) is 11.0. The van der Waals surface area contributed by atoms with Gasteiger partial charge in [0.15, 0.2) is 5.76 Å². The van der Waals surface area contributed by atoms with Gasteiger partial charge in [-0.1, -0.05) is 19.9 Å². The van der Waals surface area contributed by atoms with E-state index in [4.69, 9.17) is 4.42 Å². The van der Waals surface area contributed by atoms with E-state index in [0.29, 0.717) is 17.6 Å². The van der Waals surface area contributed by atoms with Crippen LogP contribution < -0.4 is 5.56 Å². The quantitative estimate of drug-likeness (QED) is 0.677. The molecule has 0 unspecified atom stereocenters. The van der Waals surface area contributed by atoms with Crippen molar-refractivity contribution in [3.8, 4) is 11.9 Å². The second-order valence-electron chi connectivity index (χ2n) is 6.84. The number of benzene rings is 1. The summed E-state index contributed by atoms with van der Waals surface area (Å²) in [5, 5.41) is 20.9. The summed E-state index contributed by atoms with van der Waals surface area (Å²) in [4.78, 5) is 25.8. The molecule has 0 saturated carbocycles. The van der Waals surface area contributed by atoms with Crippen LogP contribution in [0.1, 0.15) is 58.6 Å². The summed E-state index contributed by atoms with van der Waals surface area (Å²) in [5.41, 5.74) is 1.73. The van der Waals surface area contributed by atoms with Crippen molar-refractivity contribution in [2.45, 2.75) is 47.1 Å². The number of hydrogen-bond donors (Lipinski definition) is 1. The fourth-order valence-electron chi connectivity index (χ4n) is 3.47. The molecule has 2 heterocycles. The fourth-order valence-corrected chi connectivity index (χ4v) is 3.47. The molecule has 1 aromatic carbocycles. The smallest absolute Gasteiger partial charge is 0.271 e. The molecule has 3 rings (SSSR count). The molecule has 28 heavy (non-hydrogen) atoms. The SMILES string of the molecule is CCCn1c(O)c(C(=O)c2oc3ccc(CC)cc3c2C)c(C)c(C#N)c1=O. The van der Waals surface area contributed by atoms with Crippen molar-refractivity contribution in [1.82, 2.24) is 4.57 Å². The van der Waals surface area contributed by atoms with E-state index < -0.39 is 17.2 Å². The van der Waals surface area contributed by atoms with Gasteiger partial charge in [-0.05, 0) is 49.9 Å². The Hall–Kier alpha value is -3.33. The molecule has 0 fully saturated rings. The first-order valence-corrected chi connectivity index (χ1v) is 9.28. The zero-order chi connectivity index (χ0) is 20.6. The summed E-state index contributed by atoms with van der Waals surface area (Å²) in [6.07, 6.45) is 1.43. The molecule has 0 aliphatic rings. The standard InChI is InChI=1S/C22H22N2O4/c1-5-9-24-21(26)16(11-23)12(3)18(22(24)27)19(25)20-13(4)15-10-14(6-2)7-8-17(15)28-20/h7-8,10,27H,5-6,9H2,1-4H3. The lowest BCUT2D eigenvalue weighted by Crippen LogP contribution is -2.26. The molecule has 2 aromatic heterocycles. The van der Waals surface area contributed by atoms with Gasteiger partial charge in [0.1, 0.15) is 17.2 Å². The number of fused-ring (bicyclic) bond motifs is 1. The van der Waals surface area contributed by atoms with Gasteiger partial charge in [0, 0.05) is 17.5 Å². The topological polar surface area (TPSA) is 96.2 Å². The number of nitrogens with zero attached hydrogens (tertiary/aromatic N) is 2. The van der Waals surface area contributed by atoms with Gasteiger partial charge in [-0.2, -0.15) is 5.26 Å². The Balaban J connectivity index is 2.27. The van der Waals surface area contributed by atoms with Gasteiger partial charge in [-0.3, -0.25) is 14.2 Å². The maximum absolute atomic E-state index is 13.3. The number of ketones is 1. The minimum atomic E-state index is -0.593. The highest BCUT2D eigenvalue weighted by Crippen LogP contribution is 2.31. The van der Waals surface area contributed by atoms with E-state index in [1.807, 2.05) is 38.1 Å². The van der Waals surface area contributed by atoms with E-state index in [2.05, 4.69) is 0 Å². The molecule has 1 N–H and O–H groups in total. The van der Waals surface area contributed by atoms with E-state index in [1.165, 1.54) is 6.92 Å². The van der Waals surface area contributed by atoms with Gasteiger partial charge in [-0.25, -0.2) is 0 Å². The molecule has 0 aliphatic heterocycles. The predicted molar refractivity (Wildman–Crippen MR) is 106 cm³/mol. The number of nitriles is 1. The Kier molecular flexibility index (Phi) is 5.10. The first-order chi connectivity index (χ1) is 13.3. The Morgan fingerprint density at radius 1 is 1.25 bits per heavy atom. The van der Waals surface area contributed by atoms with Crippen LogP contribution in [0.5, 0.6) is 5.88 Å². The van der Waals surface area contributed by atoms with Crippen molar-refractivity contribution in [3.05, 3.63) is 62.1 Å². The van der Waals surface area contributed by atoms with Crippen LogP contribution in [0.25, 0.3) is 11.0 Å². The van der Waals surface area contributed by atoms with Gasteiger partial charge >= 0.3 is 0 Å².